The number of rotatable bonds is 4. The zero-order chi connectivity index (χ0) is 15.5. The van der Waals surface area contributed by atoms with E-state index in [0.717, 1.165) is 11.0 Å². The lowest BCUT2D eigenvalue weighted by Gasteiger charge is -2.08. The number of fused-ring (bicyclic) bond motifs is 1. The first-order chi connectivity index (χ1) is 10.7. The molecule has 1 aromatic heterocycles. The van der Waals surface area contributed by atoms with Gasteiger partial charge in [-0.05, 0) is 24.3 Å². The molecule has 22 heavy (non-hydrogen) atoms. The van der Waals surface area contributed by atoms with E-state index in [9.17, 15) is 4.79 Å². The highest BCUT2D eigenvalue weighted by atomic mass is 16.5. The highest BCUT2D eigenvalue weighted by molar-refractivity contribution is 5.92. The Kier molecular flexibility index (Phi) is 3.65. The van der Waals surface area contributed by atoms with Crippen LogP contribution in [0.25, 0.3) is 11.0 Å². The van der Waals surface area contributed by atoms with Crippen LogP contribution in [0.1, 0.15) is 10.4 Å². The van der Waals surface area contributed by atoms with Crippen molar-refractivity contribution >= 4 is 17.0 Å². The Morgan fingerprint density at radius 1 is 1.00 bits per heavy atom. The Morgan fingerprint density at radius 3 is 2.41 bits per heavy atom. The average Bonchev–Trinajstić information content (AvgIpc) is 3.01. The van der Waals surface area contributed by atoms with E-state index in [-0.39, 0.29) is 0 Å². The molecule has 1 N–H and O–H groups in total. The van der Waals surface area contributed by atoms with Crippen LogP contribution >= 0.6 is 0 Å². The number of carbonyl (C=O) groups excluding carboxylic acids is 1. The highest BCUT2D eigenvalue weighted by Crippen LogP contribution is 2.24. The normalized spacial score (nSPS) is 10.5. The van der Waals surface area contributed by atoms with Crippen molar-refractivity contribution in [2.45, 2.75) is 0 Å². The molecule has 0 aliphatic rings. The van der Waals surface area contributed by atoms with Crippen molar-refractivity contribution in [1.29, 1.82) is 0 Å². The fourth-order valence-corrected chi connectivity index (χ4v) is 2.07. The van der Waals surface area contributed by atoms with Crippen LogP contribution in [-0.2, 0) is 0 Å². The Bertz CT molecular complexity index is 804. The summed E-state index contributed by atoms with van der Waals surface area (Å²) in [6.45, 7) is 0. The number of benzene rings is 2. The molecule has 0 unspecified atom stereocenters. The maximum atomic E-state index is 12.3. The van der Waals surface area contributed by atoms with Crippen molar-refractivity contribution < 1.29 is 19.0 Å². The van der Waals surface area contributed by atoms with Crippen molar-refractivity contribution in [3.8, 4) is 17.2 Å². The zero-order valence-electron chi connectivity index (χ0n) is 12.1. The number of aromatic amines is 1. The smallest absolute Gasteiger partial charge is 0.343 e. The summed E-state index contributed by atoms with van der Waals surface area (Å²) in [5.74, 6) is 0.991. The van der Waals surface area contributed by atoms with Crippen LogP contribution < -0.4 is 14.2 Å². The van der Waals surface area contributed by atoms with Gasteiger partial charge < -0.3 is 19.2 Å². The molecular weight excluding hydrogens is 284 g/mol. The average molecular weight is 298 g/mol. The summed E-state index contributed by atoms with van der Waals surface area (Å²) in [6.07, 6.45) is 1.59. The van der Waals surface area contributed by atoms with E-state index < -0.39 is 5.97 Å². The van der Waals surface area contributed by atoms with Gasteiger partial charge in [-0.3, -0.25) is 0 Å². The Labute approximate surface area is 126 Å². The molecule has 0 aliphatic heterocycles. The van der Waals surface area contributed by atoms with E-state index in [0.29, 0.717) is 22.8 Å². The summed E-state index contributed by atoms with van der Waals surface area (Å²) in [5, 5.41) is 0. The van der Waals surface area contributed by atoms with Crippen LogP contribution in [0, 0.1) is 0 Å². The molecule has 0 atom stereocenters. The van der Waals surface area contributed by atoms with E-state index in [4.69, 9.17) is 14.2 Å². The Hall–Kier alpha value is -3.02. The van der Waals surface area contributed by atoms with Gasteiger partial charge in [0.15, 0.2) is 0 Å². The van der Waals surface area contributed by atoms with Gasteiger partial charge in [0, 0.05) is 12.1 Å². The lowest BCUT2D eigenvalue weighted by Crippen LogP contribution is -2.09. The number of nitrogens with zero attached hydrogens (tertiary/aromatic N) is 1. The number of hydrogen-bond donors (Lipinski definition) is 1. The summed E-state index contributed by atoms with van der Waals surface area (Å²) in [7, 11) is 3.05. The number of methoxy groups -OCH3 is 2. The molecule has 0 saturated carbocycles. The quantitative estimate of drug-likeness (QED) is 0.592. The van der Waals surface area contributed by atoms with Gasteiger partial charge >= 0.3 is 5.97 Å². The van der Waals surface area contributed by atoms with E-state index in [2.05, 4.69) is 9.97 Å². The largest absolute Gasteiger partial charge is 0.497 e. The van der Waals surface area contributed by atoms with Gasteiger partial charge in [-0.1, -0.05) is 0 Å². The SMILES string of the molecule is COc1cc(OC)cc(C(=O)Oc2ccc3nc[nH]c3c2)c1. The summed E-state index contributed by atoms with van der Waals surface area (Å²) in [6, 6.07) is 10.1. The van der Waals surface area contributed by atoms with Crippen molar-refractivity contribution in [3.05, 3.63) is 48.3 Å². The predicted molar refractivity (Wildman–Crippen MR) is 80.6 cm³/mol. The van der Waals surface area contributed by atoms with Gasteiger partial charge in [0.2, 0.25) is 0 Å². The first kappa shape index (κ1) is 13.9. The molecule has 0 saturated heterocycles. The second kappa shape index (κ2) is 5.77. The van der Waals surface area contributed by atoms with Crippen LogP contribution in [0.15, 0.2) is 42.7 Å². The third-order valence-corrected chi connectivity index (χ3v) is 3.19. The second-order valence-corrected chi connectivity index (χ2v) is 4.57. The number of H-pyrrole nitrogens is 1. The Morgan fingerprint density at radius 2 is 1.73 bits per heavy atom. The molecule has 1 heterocycles. The van der Waals surface area contributed by atoms with Crippen molar-refractivity contribution in [3.63, 3.8) is 0 Å². The standard InChI is InChI=1S/C16H14N2O4/c1-20-12-5-10(6-13(7-12)21-2)16(19)22-11-3-4-14-15(8-11)18-9-17-14/h3-9H,1-2H3,(H,17,18). The molecule has 0 radical (unpaired) electrons. The number of esters is 1. The molecule has 0 spiro atoms. The summed E-state index contributed by atoms with van der Waals surface area (Å²) >= 11 is 0. The second-order valence-electron chi connectivity index (χ2n) is 4.57. The molecule has 0 aliphatic carbocycles. The van der Waals surface area contributed by atoms with Crippen molar-refractivity contribution in [1.82, 2.24) is 9.97 Å². The van der Waals surface area contributed by atoms with E-state index >= 15 is 0 Å². The lowest BCUT2D eigenvalue weighted by atomic mass is 10.2. The maximum absolute atomic E-state index is 12.3. The first-order valence-electron chi connectivity index (χ1n) is 6.58. The van der Waals surface area contributed by atoms with E-state index in [1.165, 1.54) is 14.2 Å². The molecule has 0 fully saturated rings. The van der Waals surface area contributed by atoms with Crippen LogP contribution in [0.4, 0.5) is 0 Å². The summed E-state index contributed by atoms with van der Waals surface area (Å²) < 4.78 is 15.7. The zero-order valence-corrected chi connectivity index (χ0v) is 12.1. The minimum Gasteiger partial charge on any atom is -0.497 e. The predicted octanol–water partition coefficient (Wildman–Crippen LogP) is 2.80. The van der Waals surface area contributed by atoms with Gasteiger partial charge in [-0.15, -0.1) is 0 Å². The number of nitrogens with one attached hydrogen (secondary N) is 1. The van der Waals surface area contributed by atoms with E-state index in [1.54, 1.807) is 42.7 Å². The first-order valence-corrected chi connectivity index (χ1v) is 6.58. The van der Waals surface area contributed by atoms with Crippen molar-refractivity contribution in [2.24, 2.45) is 0 Å². The van der Waals surface area contributed by atoms with Crippen LogP contribution in [-0.4, -0.2) is 30.2 Å². The number of carbonyl (C=O) groups is 1. The van der Waals surface area contributed by atoms with Gasteiger partial charge in [-0.25, -0.2) is 9.78 Å². The molecule has 3 aromatic rings. The number of aromatic nitrogens is 2. The van der Waals surface area contributed by atoms with Crippen LogP contribution in [0.5, 0.6) is 17.2 Å². The van der Waals surface area contributed by atoms with Crippen LogP contribution in [0.2, 0.25) is 0 Å². The lowest BCUT2D eigenvalue weighted by molar-refractivity contribution is 0.0734. The molecule has 0 bridgehead atoms. The summed E-state index contributed by atoms with van der Waals surface area (Å²) in [4.78, 5) is 19.3. The topological polar surface area (TPSA) is 73.4 Å². The molecule has 2 aromatic carbocycles. The van der Waals surface area contributed by atoms with Gasteiger partial charge in [-0.2, -0.15) is 0 Å². The number of ether oxygens (including phenoxy) is 3. The minimum atomic E-state index is -0.490. The number of hydrogen-bond acceptors (Lipinski definition) is 5. The fourth-order valence-electron chi connectivity index (χ4n) is 2.07. The summed E-state index contributed by atoms with van der Waals surface area (Å²) in [5.41, 5.74) is 1.96. The Balaban J connectivity index is 1.87. The molecule has 6 heteroatoms. The molecular formula is C16H14N2O4. The monoisotopic (exact) mass is 298 g/mol. The molecule has 6 nitrogen and oxygen atoms in total. The fraction of sp³-hybridized carbons (Fsp3) is 0.125. The van der Waals surface area contributed by atoms with Crippen LogP contribution in [0.3, 0.4) is 0 Å². The van der Waals surface area contributed by atoms with Gasteiger partial charge in [0.1, 0.15) is 17.2 Å². The minimum absolute atomic E-state index is 0.348. The maximum Gasteiger partial charge on any atom is 0.343 e. The van der Waals surface area contributed by atoms with Gasteiger partial charge in [0.25, 0.3) is 0 Å². The molecule has 112 valence electrons. The van der Waals surface area contributed by atoms with Gasteiger partial charge in [0.05, 0.1) is 37.1 Å². The van der Waals surface area contributed by atoms with Crippen molar-refractivity contribution in [2.75, 3.05) is 14.2 Å². The van der Waals surface area contributed by atoms with E-state index in [1.807, 2.05) is 0 Å². The highest BCUT2D eigenvalue weighted by Gasteiger charge is 2.13. The third-order valence-electron chi connectivity index (χ3n) is 3.19. The molecule has 0 amide bonds. The number of imidazole rings is 1. The molecule has 3 rings (SSSR count). The third kappa shape index (κ3) is 2.71.